The molecule has 0 saturated heterocycles. The van der Waals surface area contributed by atoms with Crippen LogP contribution >= 0.6 is 0 Å². The predicted octanol–water partition coefficient (Wildman–Crippen LogP) is 5.07. The number of nitrogens with one attached hydrogen (secondary N) is 2. The Kier molecular flexibility index (Phi) is 4.22. The topological polar surface area (TPSA) is 96.5 Å². The summed E-state index contributed by atoms with van der Waals surface area (Å²) < 4.78 is 0. The maximum atomic E-state index is 13.5. The molecule has 1 aliphatic rings. The summed E-state index contributed by atoms with van der Waals surface area (Å²) in [5.74, 6) is 0.583. The maximum absolute atomic E-state index is 13.5. The zero-order valence-corrected chi connectivity index (χ0v) is 18.4. The molecule has 2 N–H and O–H groups in total. The Morgan fingerprint density at radius 3 is 2.57 bits per heavy atom. The van der Waals surface area contributed by atoms with Crippen LogP contribution in [0.5, 0.6) is 0 Å². The fourth-order valence-corrected chi connectivity index (χ4v) is 4.98. The van der Waals surface area contributed by atoms with Gasteiger partial charge in [0.25, 0.3) is 5.91 Å². The number of amides is 1. The van der Waals surface area contributed by atoms with Crippen molar-refractivity contribution in [3.8, 4) is 22.5 Å². The number of aromatic nitrogens is 5. The summed E-state index contributed by atoms with van der Waals surface area (Å²) in [7, 11) is 0. The second-order valence-electron chi connectivity index (χ2n) is 8.47. The van der Waals surface area contributed by atoms with Crippen molar-refractivity contribution in [3.63, 3.8) is 0 Å². The Bertz CT molecular complexity index is 1730. The molecule has 3 heterocycles. The lowest BCUT2D eigenvalue weighted by Crippen LogP contribution is -2.28. The summed E-state index contributed by atoms with van der Waals surface area (Å²) in [6.07, 6.45) is 6.75. The van der Waals surface area contributed by atoms with Crippen LogP contribution in [-0.2, 0) is 0 Å². The predicted molar refractivity (Wildman–Crippen MR) is 134 cm³/mol. The average Bonchev–Trinajstić information content (AvgIpc) is 3.48. The first-order valence-electron chi connectivity index (χ1n) is 11.3. The normalized spacial score (nSPS) is 14.1. The number of rotatable bonds is 3. The van der Waals surface area contributed by atoms with Gasteiger partial charge in [-0.1, -0.05) is 48.5 Å². The second-order valence-corrected chi connectivity index (χ2v) is 8.47. The molecule has 0 spiro atoms. The van der Waals surface area contributed by atoms with E-state index in [4.69, 9.17) is 4.98 Å². The minimum atomic E-state index is -0.299. The number of aromatic amines is 1. The first kappa shape index (κ1) is 19.5. The molecule has 7 nitrogen and oxygen atoms in total. The lowest BCUT2D eigenvalue weighted by atomic mass is 9.98. The van der Waals surface area contributed by atoms with E-state index in [0.717, 1.165) is 44.7 Å². The first-order chi connectivity index (χ1) is 17.3. The zero-order valence-electron chi connectivity index (χ0n) is 18.4. The number of fused-ring (bicyclic) bond motifs is 5. The quantitative estimate of drug-likeness (QED) is 0.389. The molecule has 0 aliphatic heterocycles. The second kappa shape index (κ2) is 7.56. The monoisotopic (exact) mass is 454 g/mol. The Morgan fingerprint density at radius 2 is 1.63 bits per heavy atom. The molecule has 6 aromatic rings. The number of para-hydroxylation sites is 1. The molecule has 0 radical (unpaired) electrons. The Labute approximate surface area is 199 Å². The number of carbonyl (C=O) groups excluding carboxylic acids is 1. The summed E-state index contributed by atoms with van der Waals surface area (Å²) >= 11 is 0. The van der Waals surface area contributed by atoms with Gasteiger partial charge in [-0.15, -0.1) is 0 Å². The van der Waals surface area contributed by atoms with Crippen LogP contribution in [0.15, 0.2) is 91.5 Å². The van der Waals surface area contributed by atoms with Crippen LogP contribution in [0, 0.1) is 0 Å². The molecule has 0 bridgehead atoms. The van der Waals surface area contributed by atoms with Crippen molar-refractivity contribution in [3.05, 3.63) is 108 Å². The van der Waals surface area contributed by atoms with Gasteiger partial charge >= 0.3 is 0 Å². The van der Waals surface area contributed by atoms with Crippen molar-refractivity contribution >= 4 is 28.0 Å². The Balaban J connectivity index is 1.36. The summed E-state index contributed by atoms with van der Waals surface area (Å²) in [6, 6.07) is 21.4. The van der Waals surface area contributed by atoms with E-state index in [1.54, 1.807) is 30.9 Å². The van der Waals surface area contributed by atoms with Crippen molar-refractivity contribution in [2.45, 2.75) is 6.04 Å². The number of carbonyl (C=O) groups is 1. The zero-order chi connectivity index (χ0) is 23.4. The Hall–Kier alpha value is -4.91. The van der Waals surface area contributed by atoms with E-state index in [1.807, 2.05) is 36.4 Å². The largest absolute Gasteiger partial charge is 0.341 e. The summed E-state index contributed by atoms with van der Waals surface area (Å²) in [5.41, 5.74) is 8.74. The molecule has 166 valence electrons. The highest BCUT2D eigenvalue weighted by molar-refractivity contribution is 6.05. The van der Waals surface area contributed by atoms with Crippen LogP contribution in [0.25, 0.3) is 44.6 Å². The molecule has 3 aromatic heterocycles. The third-order valence-corrected chi connectivity index (χ3v) is 6.51. The number of benzene rings is 3. The molecule has 0 saturated carbocycles. The smallest absolute Gasteiger partial charge is 0.254 e. The van der Waals surface area contributed by atoms with Gasteiger partial charge in [0, 0.05) is 24.2 Å². The van der Waals surface area contributed by atoms with Gasteiger partial charge in [-0.2, -0.15) is 0 Å². The Morgan fingerprint density at radius 1 is 0.800 bits per heavy atom. The van der Waals surface area contributed by atoms with Crippen LogP contribution in [0.2, 0.25) is 0 Å². The van der Waals surface area contributed by atoms with Gasteiger partial charge in [0.2, 0.25) is 0 Å². The van der Waals surface area contributed by atoms with E-state index in [2.05, 4.69) is 49.5 Å². The van der Waals surface area contributed by atoms with Crippen LogP contribution in [0.1, 0.15) is 27.5 Å². The fraction of sp³-hybridized carbons (Fsp3) is 0.0357. The van der Waals surface area contributed by atoms with Crippen molar-refractivity contribution in [1.29, 1.82) is 0 Å². The number of hydrogen-bond donors (Lipinski definition) is 2. The number of hydrogen-bond acceptors (Lipinski definition) is 5. The standard InChI is InChI=1S/C28H18N6O/c35-28(20-9-4-10-22-26(20)31-14-13-30-22)34-25-17-6-2-1-5-16(17)24-18(25)7-3-8-19(24)27-32-21-11-12-29-15-23(21)33-27/h1-15,25H,(H,32,33)(H,34,35). The minimum Gasteiger partial charge on any atom is -0.341 e. The van der Waals surface area contributed by atoms with Crippen LogP contribution < -0.4 is 5.32 Å². The SMILES string of the molecule is O=C(NC1c2ccccc2-c2c(-c3nc4ccncc4[nH]3)cccc21)c1cccc2nccnc12. The summed E-state index contributed by atoms with van der Waals surface area (Å²) in [5, 5.41) is 3.26. The van der Waals surface area contributed by atoms with E-state index >= 15 is 0 Å². The summed E-state index contributed by atoms with van der Waals surface area (Å²) in [6.45, 7) is 0. The number of nitrogens with zero attached hydrogens (tertiary/aromatic N) is 4. The average molecular weight is 454 g/mol. The molecule has 0 fully saturated rings. The van der Waals surface area contributed by atoms with E-state index in [9.17, 15) is 4.79 Å². The molecule has 1 atom stereocenters. The molecule has 35 heavy (non-hydrogen) atoms. The molecule has 7 rings (SSSR count). The van der Waals surface area contributed by atoms with E-state index in [-0.39, 0.29) is 11.9 Å². The number of H-pyrrole nitrogens is 1. The third-order valence-electron chi connectivity index (χ3n) is 6.51. The van der Waals surface area contributed by atoms with E-state index in [0.29, 0.717) is 16.6 Å². The fourth-order valence-electron chi connectivity index (χ4n) is 4.98. The molecular weight excluding hydrogens is 436 g/mol. The van der Waals surface area contributed by atoms with E-state index in [1.165, 1.54) is 0 Å². The molecule has 7 heteroatoms. The van der Waals surface area contributed by atoms with Gasteiger partial charge in [0.05, 0.1) is 34.4 Å². The van der Waals surface area contributed by atoms with Crippen LogP contribution in [0.4, 0.5) is 0 Å². The van der Waals surface area contributed by atoms with Crippen LogP contribution in [0.3, 0.4) is 0 Å². The van der Waals surface area contributed by atoms with E-state index < -0.39 is 0 Å². The van der Waals surface area contributed by atoms with Gasteiger partial charge in [-0.05, 0) is 40.5 Å². The molecular formula is C28H18N6O. The van der Waals surface area contributed by atoms with Crippen molar-refractivity contribution in [2.24, 2.45) is 0 Å². The van der Waals surface area contributed by atoms with Gasteiger partial charge in [-0.3, -0.25) is 19.7 Å². The number of pyridine rings is 1. The van der Waals surface area contributed by atoms with Gasteiger partial charge in [0.15, 0.2) is 0 Å². The summed E-state index contributed by atoms with van der Waals surface area (Å²) in [4.78, 5) is 34.6. The molecule has 1 amide bonds. The molecule has 3 aromatic carbocycles. The number of imidazole rings is 1. The maximum Gasteiger partial charge on any atom is 0.254 e. The van der Waals surface area contributed by atoms with Crippen molar-refractivity contribution in [1.82, 2.24) is 30.2 Å². The highest BCUT2D eigenvalue weighted by atomic mass is 16.1. The lowest BCUT2D eigenvalue weighted by molar-refractivity contribution is 0.0945. The molecule has 1 unspecified atom stereocenters. The third kappa shape index (κ3) is 3.02. The minimum absolute atomic E-state index is 0.191. The van der Waals surface area contributed by atoms with Gasteiger partial charge in [0.1, 0.15) is 11.3 Å². The molecule has 1 aliphatic carbocycles. The highest BCUT2D eigenvalue weighted by Crippen LogP contribution is 2.47. The first-order valence-corrected chi connectivity index (χ1v) is 11.3. The van der Waals surface area contributed by atoms with Gasteiger partial charge in [-0.25, -0.2) is 4.98 Å². The van der Waals surface area contributed by atoms with Crippen molar-refractivity contribution in [2.75, 3.05) is 0 Å². The highest BCUT2D eigenvalue weighted by Gasteiger charge is 2.32. The van der Waals surface area contributed by atoms with Crippen molar-refractivity contribution < 1.29 is 4.79 Å². The van der Waals surface area contributed by atoms with Crippen LogP contribution in [-0.4, -0.2) is 30.8 Å². The lowest BCUT2D eigenvalue weighted by Gasteiger charge is -2.17. The van der Waals surface area contributed by atoms with Gasteiger partial charge < -0.3 is 10.3 Å².